The zero-order chi connectivity index (χ0) is 19.8. The number of hydrogen-bond acceptors (Lipinski definition) is 5. The first-order valence-corrected chi connectivity index (χ1v) is 9.43. The Labute approximate surface area is 171 Å². The molecule has 0 bridgehead atoms. The number of anilines is 1. The van der Waals surface area contributed by atoms with Crippen molar-refractivity contribution in [1.82, 2.24) is 19.4 Å². The molecule has 0 unspecified atom stereocenters. The van der Waals surface area contributed by atoms with Gasteiger partial charge in [0.25, 0.3) is 5.95 Å². The van der Waals surface area contributed by atoms with Gasteiger partial charge in [0.05, 0.1) is 17.2 Å². The van der Waals surface area contributed by atoms with E-state index in [9.17, 15) is 0 Å². The highest BCUT2D eigenvalue weighted by molar-refractivity contribution is 7.71. The summed E-state index contributed by atoms with van der Waals surface area (Å²) in [6.45, 7) is 0. The number of para-hydroxylation sites is 2. The minimum absolute atomic E-state index is 0.318. The van der Waals surface area contributed by atoms with Crippen LogP contribution in [0, 0.1) is 4.77 Å². The summed E-state index contributed by atoms with van der Waals surface area (Å²) < 4.78 is 3.81. The van der Waals surface area contributed by atoms with Crippen LogP contribution in [-0.4, -0.2) is 25.7 Å². The van der Waals surface area contributed by atoms with Gasteiger partial charge in [-0.25, -0.2) is 10.5 Å². The van der Waals surface area contributed by atoms with Crippen molar-refractivity contribution >= 4 is 46.2 Å². The Bertz CT molecular complexity index is 1350. The molecule has 0 aliphatic rings. The first kappa shape index (κ1) is 17.2. The van der Waals surface area contributed by atoms with Crippen LogP contribution in [0.3, 0.4) is 0 Å². The third-order valence-corrected chi connectivity index (χ3v) is 5.10. The Morgan fingerprint density at radius 2 is 1.55 bits per heavy atom. The molecule has 0 saturated carbocycles. The van der Waals surface area contributed by atoms with Crippen LogP contribution in [0.1, 0.15) is 5.56 Å². The average Bonchev–Trinajstić information content (AvgIpc) is 3.26. The number of aromatic nitrogens is 4. The second kappa shape index (κ2) is 6.92. The standard InChI is InChI=1S/C21H17N7S/c22-28-20(25-26-21(28)29)24-23-13-14-9-11-15(12-10-14)27-18-7-3-1-5-16(18)17-6-2-4-8-19(17)27/h1-13H,22H2,(H,24,25)(H,26,29)/b23-13+. The van der Waals surface area contributed by atoms with Gasteiger partial charge in [-0.1, -0.05) is 48.5 Å². The van der Waals surface area contributed by atoms with E-state index in [1.807, 2.05) is 12.1 Å². The van der Waals surface area contributed by atoms with Crippen LogP contribution < -0.4 is 11.3 Å². The molecule has 0 amide bonds. The lowest BCUT2D eigenvalue weighted by Crippen LogP contribution is -2.11. The van der Waals surface area contributed by atoms with E-state index in [0.29, 0.717) is 10.7 Å². The lowest BCUT2D eigenvalue weighted by molar-refractivity contribution is 0.971. The molecule has 0 atom stereocenters. The van der Waals surface area contributed by atoms with Crippen LogP contribution in [0.2, 0.25) is 0 Å². The molecular formula is C21H17N7S. The molecule has 142 valence electrons. The fraction of sp³-hybridized carbons (Fsp3) is 0. The molecule has 4 N–H and O–H groups in total. The molecule has 7 nitrogen and oxygen atoms in total. The van der Waals surface area contributed by atoms with Gasteiger partial charge in [-0.3, -0.25) is 0 Å². The van der Waals surface area contributed by atoms with Gasteiger partial charge in [-0.15, -0.1) is 5.10 Å². The first-order valence-electron chi connectivity index (χ1n) is 9.02. The van der Waals surface area contributed by atoms with Gasteiger partial charge in [0, 0.05) is 16.5 Å². The van der Waals surface area contributed by atoms with E-state index in [1.54, 1.807) is 6.21 Å². The van der Waals surface area contributed by atoms with E-state index in [0.717, 1.165) is 11.3 Å². The average molecular weight is 399 g/mol. The van der Waals surface area contributed by atoms with E-state index >= 15 is 0 Å². The maximum absolute atomic E-state index is 5.73. The third-order valence-electron chi connectivity index (χ3n) is 4.81. The van der Waals surface area contributed by atoms with Crippen molar-refractivity contribution in [3.05, 3.63) is 83.1 Å². The van der Waals surface area contributed by atoms with E-state index < -0.39 is 0 Å². The number of nitrogens with zero attached hydrogens (tertiary/aromatic N) is 4. The number of nitrogens with two attached hydrogens (primary N) is 1. The quantitative estimate of drug-likeness (QED) is 0.183. The Kier molecular flexibility index (Phi) is 4.10. The summed E-state index contributed by atoms with van der Waals surface area (Å²) in [6, 6.07) is 25.1. The van der Waals surface area contributed by atoms with Crippen LogP contribution in [-0.2, 0) is 0 Å². The van der Waals surface area contributed by atoms with Gasteiger partial charge in [0.1, 0.15) is 0 Å². The Balaban J connectivity index is 1.48. The van der Waals surface area contributed by atoms with Crippen LogP contribution in [0.15, 0.2) is 77.9 Å². The van der Waals surface area contributed by atoms with Crippen molar-refractivity contribution in [2.24, 2.45) is 5.10 Å². The molecule has 0 aliphatic carbocycles. The molecule has 3 aromatic carbocycles. The number of benzene rings is 3. The van der Waals surface area contributed by atoms with Gasteiger partial charge in [-0.2, -0.15) is 9.78 Å². The van der Waals surface area contributed by atoms with Gasteiger partial charge < -0.3 is 10.4 Å². The topological polar surface area (TPSA) is 88.9 Å². The number of nitrogens with one attached hydrogen (secondary N) is 2. The molecule has 2 heterocycles. The molecular weight excluding hydrogens is 382 g/mol. The van der Waals surface area contributed by atoms with Crippen LogP contribution in [0.25, 0.3) is 27.5 Å². The number of hydrazone groups is 1. The molecule has 0 radical (unpaired) electrons. The molecule has 0 fully saturated rings. The highest BCUT2D eigenvalue weighted by atomic mass is 32.1. The predicted octanol–water partition coefficient (Wildman–Crippen LogP) is 4.20. The second-order valence-electron chi connectivity index (χ2n) is 6.55. The smallest absolute Gasteiger partial charge is 0.262 e. The first-order chi connectivity index (χ1) is 14.2. The predicted molar refractivity (Wildman–Crippen MR) is 120 cm³/mol. The largest absolute Gasteiger partial charge is 0.334 e. The number of fused-ring (bicyclic) bond motifs is 3. The number of H-pyrrole nitrogens is 1. The fourth-order valence-corrected chi connectivity index (χ4v) is 3.59. The van der Waals surface area contributed by atoms with Crippen molar-refractivity contribution in [2.45, 2.75) is 0 Å². The molecule has 5 rings (SSSR count). The lowest BCUT2D eigenvalue weighted by Gasteiger charge is -2.08. The van der Waals surface area contributed by atoms with Crippen LogP contribution >= 0.6 is 12.2 Å². The summed E-state index contributed by atoms with van der Waals surface area (Å²) in [7, 11) is 0. The summed E-state index contributed by atoms with van der Waals surface area (Å²) in [6.07, 6.45) is 1.70. The lowest BCUT2D eigenvalue weighted by atomic mass is 10.2. The summed E-state index contributed by atoms with van der Waals surface area (Å²) in [5, 5.41) is 13.2. The second-order valence-corrected chi connectivity index (χ2v) is 6.94. The van der Waals surface area contributed by atoms with Crippen molar-refractivity contribution in [3.63, 3.8) is 0 Å². The van der Waals surface area contributed by atoms with Crippen LogP contribution in [0.4, 0.5) is 5.95 Å². The van der Waals surface area contributed by atoms with E-state index in [1.165, 1.54) is 26.5 Å². The highest BCUT2D eigenvalue weighted by Crippen LogP contribution is 2.31. The van der Waals surface area contributed by atoms with Crippen molar-refractivity contribution in [3.8, 4) is 5.69 Å². The summed E-state index contributed by atoms with van der Waals surface area (Å²) in [5.41, 5.74) is 7.17. The van der Waals surface area contributed by atoms with E-state index in [-0.39, 0.29) is 0 Å². The summed E-state index contributed by atoms with van der Waals surface area (Å²) in [5.74, 6) is 6.07. The molecule has 2 aromatic heterocycles. The number of rotatable bonds is 4. The van der Waals surface area contributed by atoms with Gasteiger partial charge in [-0.05, 0) is 42.0 Å². The Hall–Kier alpha value is -3.91. The minimum Gasteiger partial charge on any atom is -0.334 e. The maximum Gasteiger partial charge on any atom is 0.262 e. The number of nitrogen functional groups attached to an aromatic ring is 1. The van der Waals surface area contributed by atoms with Gasteiger partial charge in [0.2, 0.25) is 4.77 Å². The Morgan fingerprint density at radius 3 is 2.14 bits per heavy atom. The van der Waals surface area contributed by atoms with Crippen molar-refractivity contribution in [2.75, 3.05) is 11.3 Å². The molecule has 29 heavy (non-hydrogen) atoms. The minimum atomic E-state index is 0.318. The van der Waals surface area contributed by atoms with Gasteiger partial charge >= 0.3 is 0 Å². The summed E-state index contributed by atoms with van der Waals surface area (Å²) >= 11 is 4.96. The molecule has 0 spiro atoms. The molecule has 8 heteroatoms. The molecule has 0 saturated heterocycles. The zero-order valence-corrected chi connectivity index (χ0v) is 16.1. The number of hydrogen-bond donors (Lipinski definition) is 3. The molecule has 0 aliphatic heterocycles. The maximum atomic E-state index is 5.73. The number of aromatic amines is 1. The monoisotopic (exact) mass is 399 g/mol. The van der Waals surface area contributed by atoms with Crippen molar-refractivity contribution in [1.29, 1.82) is 0 Å². The highest BCUT2D eigenvalue weighted by Gasteiger charge is 2.10. The SMILES string of the molecule is Nn1c(N/N=C/c2ccc(-n3c4ccccc4c4ccccc43)cc2)n[nH]c1=S. The van der Waals surface area contributed by atoms with E-state index in [4.69, 9.17) is 18.1 Å². The zero-order valence-electron chi connectivity index (χ0n) is 15.3. The normalized spacial score (nSPS) is 11.6. The molecule has 5 aromatic rings. The third kappa shape index (κ3) is 2.95. The van der Waals surface area contributed by atoms with Crippen molar-refractivity contribution < 1.29 is 0 Å². The summed E-state index contributed by atoms with van der Waals surface area (Å²) in [4.78, 5) is 0. The fourth-order valence-electron chi connectivity index (χ4n) is 3.46. The van der Waals surface area contributed by atoms with E-state index in [2.05, 4.69) is 86.0 Å². The Morgan fingerprint density at radius 1 is 0.931 bits per heavy atom. The van der Waals surface area contributed by atoms with Gasteiger partial charge in [0.15, 0.2) is 0 Å². The van der Waals surface area contributed by atoms with Crippen LogP contribution in [0.5, 0.6) is 0 Å².